The van der Waals surface area contributed by atoms with Gasteiger partial charge in [0.1, 0.15) is 23.4 Å². The Labute approximate surface area is 225 Å². The number of aliphatic hydroxyl groups is 1. The lowest BCUT2D eigenvalue weighted by atomic mass is 9.43. The Morgan fingerprint density at radius 1 is 1.11 bits per heavy atom. The number of allylic oxidation sites excluding steroid dienone is 1. The van der Waals surface area contributed by atoms with Crippen LogP contribution in [-0.4, -0.2) is 58.3 Å². The van der Waals surface area contributed by atoms with Crippen molar-refractivity contribution < 1.29 is 33.6 Å². The zero-order valence-corrected chi connectivity index (χ0v) is 23.7. The van der Waals surface area contributed by atoms with Gasteiger partial charge in [-0.3, -0.25) is 4.79 Å². The molecule has 3 heterocycles. The molecular weight excluding hydrogens is 484 g/mol. The van der Waals surface area contributed by atoms with Crippen LogP contribution in [0.2, 0.25) is 0 Å². The summed E-state index contributed by atoms with van der Waals surface area (Å²) in [5, 5.41) is 11.9. The second kappa shape index (κ2) is 7.39. The molecule has 7 heteroatoms. The largest absolute Gasteiger partial charge is 0.458 e. The molecule has 7 aliphatic rings. The highest BCUT2D eigenvalue weighted by Crippen LogP contribution is 2.75. The Balaban J connectivity index is 1.30. The SMILES string of the molecule is CC1=C(C)C(=O)OC([C@@H](C)[C@@]23OC(C)(C)O[C@@H]2C[C@H]2[C@@H]4[C@@H]5O[C@@H]5[C@@]5(O)CC=CC(=O)[C@]5(C)[C@H]4CC[C@@]23C)C1. The summed E-state index contributed by atoms with van der Waals surface area (Å²) in [7, 11) is 0. The molecule has 0 bridgehead atoms. The third kappa shape index (κ3) is 2.75. The van der Waals surface area contributed by atoms with Crippen LogP contribution in [0.1, 0.15) is 80.6 Å². The first kappa shape index (κ1) is 25.4. The third-order valence-corrected chi connectivity index (χ3v) is 12.6. The zero-order chi connectivity index (χ0) is 27.2. The van der Waals surface area contributed by atoms with E-state index >= 15 is 0 Å². The summed E-state index contributed by atoms with van der Waals surface area (Å²) in [6, 6.07) is 0. The maximum Gasteiger partial charge on any atom is 0.333 e. The first-order valence-electron chi connectivity index (χ1n) is 14.6. The van der Waals surface area contributed by atoms with E-state index in [-0.39, 0.29) is 65.3 Å². The van der Waals surface area contributed by atoms with Gasteiger partial charge in [-0.25, -0.2) is 4.79 Å². The summed E-state index contributed by atoms with van der Waals surface area (Å²) in [4.78, 5) is 26.2. The summed E-state index contributed by atoms with van der Waals surface area (Å²) in [5.41, 5.74) is -1.14. The Kier molecular flexibility index (Phi) is 4.95. The summed E-state index contributed by atoms with van der Waals surface area (Å²) in [6.45, 7) is 14.3. The van der Waals surface area contributed by atoms with Crippen LogP contribution in [0.4, 0.5) is 0 Å². The number of cyclic esters (lactones) is 1. The highest BCUT2D eigenvalue weighted by atomic mass is 16.8. The minimum absolute atomic E-state index is 0.0282. The molecule has 2 saturated heterocycles. The molecule has 3 saturated carbocycles. The second-order valence-electron chi connectivity index (χ2n) is 14.3. The number of hydrogen-bond donors (Lipinski definition) is 1. The minimum Gasteiger partial charge on any atom is -0.458 e. The van der Waals surface area contributed by atoms with Crippen molar-refractivity contribution in [2.45, 2.75) is 122 Å². The number of fused-ring (bicyclic) bond motifs is 10. The standard InChI is InChI=1S/C31H42O7/c1-15-13-20(35-26(33)16(15)2)17(3)31-22(37-27(4,5)38-31)14-19-23-18(10-12-28(19,31)6)29(7)21(32)9-8-11-30(29,34)25-24(23)36-25/h8-9,17-20,22-25,34H,10-14H2,1-7H3/t17-,18+,19+,20?,22-,23-,24+,25+,28+,29+,30+,31-/m1/s1. The van der Waals surface area contributed by atoms with Crippen molar-refractivity contribution in [1.29, 1.82) is 0 Å². The quantitative estimate of drug-likeness (QED) is 0.424. The monoisotopic (exact) mass is 526 g/mol. The van der Waals surface area contributed by atoms with Gasteiger partial charge >= 0.3 is 5.97 Å². The predicted octanol–water partition coefficient (Wildman–Crippen LogP) is 4.26. The Hall–Kier alpha value is -1.54. The van der Waals surface area contributed by atoms with Crippen molar-refractivity contribution in [3.63, 3.8) is 0 Å². The lowest BCUT2D eigenvalue weighted by Crippen LogP contribution is -2.68. The predicted molar refractivity (Wildman–Crippen MR) is 138 cm³/mol. The van der Waals surface area contributed by atoms with Gasteiger partial charge in [0.25, 0.3) is 0 Å². The van der Waals surface area contributed by atoms with Gasteiger partial charge in [-0.2, -0.15) is 0 Å². The minimum atomic E-state index is -1.15. The first-order chi connectivity index (χ1) is 17.7. The molecule has 208 valence electrons. The van der Waals surface area contributed by atoms with Gasteiger partial charge in [0, 0.05) is 23.3 Å². The topological polar surface area (TPSA) is 94.6 Å². The van der Waals surface area contributed by atoms with Crippen molar-refractivity contribution in [2.24, 2.45) is 34.5 Å². The number of epoxide rings is 1. The van der Waals surface area contributed by atoms with Gasteiger partial charge in [-0.05, 0) is 84.1 Å². The highest BCUT2D eigenvalue weighted by molar-refractivity contribution is 5.97. The Morgan fingerprint density at radius 3 is 2.55 bits per heavy atom. The normalized spacial score (nSPS) is 54.9. The maximum atomic E-state index is 13.5. The van der Waals surface area contributed by atoms with Crippen LogP contribution >= 0.6 is 0 Å². The number of rotatable bonds is 2. The summed E-state index contributed by atoms with van der Waals surface area (Å²) in [5.74, 6) is -0.659. The van der Waals surface area contributed by atoms with Gasteiger partial charge in [-0.15, -0.1) is 0 Å². The molecule has 0 spiro atoms. The van der Waals surface area contributed by atoms with Crippen LogP contribution in [0.25, 0.3) is 0 Å². The first-order valence-corrected chi connectivity index (χ1v) is 14.6. The van der Waals surface area contributed by atoms with Gasteiger partial charge in [0.05, 0.1) is 17.6 Å². The van der Waals surface area contributed by atoms with Crippen LogP contribution in [0, 0.1) is 34.5 Å². The fourth-order valence-electron chi connectivity index (χ4n) is 10.5. The maximum absolute atomic E-state index is 13.5. The molecule has 0 aromatic heterocycles. The van der Waals surface area contributed by atoms with Crippen LogP contribution < -0.4 is 0 Å². The van der Waals surface area contributed by atoms with E-state index in [1.165, 1.54) is 0 Å². The lowest BCUT2D eigenvalue weighted by Gasteiger charge is -2.61. The molecule has 38 heavy (non-hydrogen) atoms. The Morgan fingerprint density at radius 2 is 1.84 bits per heavy atom. The lowest BCUT2D eigenvalue weighted by molar-refractivity contribution is -0.245. The molecule has 7 nitrogen and oxygen atoms in total. The van der Waals surface area contributed by atoms with E-state index in [1.807, 2.05) is 40.7 Å². The molecule has 4 aliphatic carbocycles. The van der Waals surface area contributed by atoms with Crippen LogP contribution in [0.5, 0.6) is 0 Å². The summed E-state index contributed by atoms with van der Waals surface area (Å²) >= 11 is 0. The van der Waals surface area contributed by atoms with Crippen molar-refractivity contribution in [3.05, 3.63) is 23.3 Å². The van der Waals surface area contributed by atoms with Gasteiger partial charge in [0.15, 0.2) is 11.6 Å². The smallest absolute Gasteiger partial charge is 0.333 e. The number of ketones is 1. The molecule has 0 aromatic carbocycles. The molecule has 7 rings (SSSR count). The van der Waals surface area contributed by atoms with E-state index in [2.05, 4.69) is 13.8 Å². The zero-order valence-electron chi connectivity index (χ0n) is 23.7. The number of carbonyl (C=O) groups is 2. The van der Waals surface area contributed by atoms with Crippen molar-refractivity contribution in [3.8, 4) is 0 Å². The molecule has 0 radical (unpaired) electrons. The fraction of sp³-hybridized carbons (Fsp3) is 0.806. The average molecular weight is 527 g/mol. The molecule has 3 aliphatic heterocycles. The average Bonchev–Trinajstić information content (AvgIpc) is 3.55. The Bertz CT molecular complexity index is 1190. The molecular formula is C31H42O7. The van der Waals surface area contributed by atoms with E-state index in [9.17, 15) is 14.7 Å². The number of hydrogen-bond acceptors (Lipinski definition) is 7. The van der Waals surface area contributed by atoms with Crippen LogP contribution in [0.3, 0.4) is 0 Å². The number of carbonyl (C=O) groups excluding carboxylic acids is 2. The van der Waals surface area contributed by atoms with Crippen molar-refractivity contribution in [2.75, 3.05) is 0 Å². The highest BCUT2D eigenvalue weighted by Gasteiger charge is 2.81. The number of esters is 1. The summed E-state index contributed by atoms with van der Waals surface area (Å²) in [6.07, 6.45) is 6.33. The molecule has 0 aromatic rings. The van der Waals surface area contributed by atoms with E-state index in [1.54, 1.807) is 6.08 Å². The third-order valence-electron chi connectivity index (χ3n) is 12.6. The summed E-state index contributed by atoms with van der Waals surface area (Å²) < 4.78 is 26.1. The molecule has 5 fully saturated rings. The van der Waals surface area contributed by atoms with E-state index in [0.717, 1.165) is 24.8 Å². The van der Waals surface area contributed by atoms with Crippen LogP contribution in [0.15, 0.2) is 23.3 Å². The molecule has 1 unspecified atom stereocenters. The van der Waals surface area contributed by atoms with E-state index in [4.69, 9.17) is 18.9 Å². The fourth-order valence-corrected chi connectivity index (χ4v) is 10.5. The van der Waals surface area contributed by atoms with Gasteiger partial charge < -0.3 is 24.1 Å². The number of ether oxygens (including phenoxy) is 4. The molecule has 0 amide bonds. The van der Waals surface area contributed by atoms with Crippen molar-refractivity contribution in [1.82, 2.24) is 0 Å². The van der Waals surface area contributed by atoms with E-state index < -0.39 is 22.4 Å². The van der Waals surface area contributed by atoms with Crippen molar-refractivity contribution >= 4 is 11.8 Å². The van der Waals surface area contributed by atoms with E-state index in [0.29, 0.717) is 18.4 Å². The van der Waals surface area contributed by atoms with Gasteiger partial charge in [-0.1, -0.05) is 25.5 Å². The second-order valence-corrected chi connectivity index (χ2v) is 14.3. The van der Waals surface area contributed by atoms with Crippen LogP contribution in [-0.2, 0) is 28.5 Å². The molecule has 1 N–H and O–H groups in total. The molecule has 12 atom stereocenters. The van der Waals surface area contributed by atoms with Gasteiger partial charge in [0.2, 0.25) is 0 Å².